The van der Waals surface area contributed by atoms with Crippen LogP contribution in [-0.4, -0.2) is 14.5 Å². The second-order valence-electron chi connectivity index (χ2n) is 16.9. The van der Waals surface area contributed by atoms with Crippen molar-refractivity contribution in [1.82, 2.24) is 14.5 Å². The number of rotatable bonds is 4. The van der Waals surface area contributed by atoms with Crippen LogP contribution in [-0.2, 0) is 11.8 Å². The van der Waals surface area contributed by atoms with Crippen molar-refractivity contribution in [3.05, 3.63) is 198 Å². The average Bonchev–Trinajstić information content (AvgIpc) is 3.74. The number of aromatic nitrogens is 3. The van der Waals surface area contributed by atoms with E-state index in [1.165, 1.54) is 83.1 Å². The molecule has 3 nitrogen and oxygen atoms in total. The molecule has 0 N–H and O–H groups in total. The molecule has 2 unspecified atom stereocenters. The smallest absolute Gasteiger partial charge is 0.0971 e. The molecule has 3 aliphatic rings. The van der Waals surface area contributed by atoms with Crippen molar-refractivity contribution in [3.63, 3.8) is 0 Å². The van der Waals surface area contributed by atoms with Gasteiger partial charge in [-0.2, -0.15) is 0 Å². The monoisotopic (exact) mass is 743 g/mol. The van der Waals surface area contributed by atoms with Gasteiger partial charge in [0.15, 0.2) is 0 Å². The minimum absolute atomic E-state index is 0.0225. The summed E-state index contributed by atoms with van der Waals surface area (Å²) in [5, 5.41) is 6.02. The molecule has 12 rings (SSSR count). The van der Waals surface area contributed by atoms with Gasteiger partial charge in [0.1, 0.15) is 0 Å². The molecule has 2 heterocycles. The van der Waals surface area contributed by atoms with Crippen molar-refractivity contribution in [3.8, 4) is 27.9 Å². The molecule has 7 aromatic carbocycles. The van der Waals surface area contributed by atoms with E-state index in [2.05, 4.69) is 182 Å². The minimum atomic E-state index is -0.0225. The largest absolute Gasteiger partial charge is 0.313 e. The van der Waals surface area contributed by atoms with Crippen LogP contribution in [0.15, 0.2) is 170 Å². The predicted octanol–water partition coefficient (Wildman–Crippen LogP) is 13.8. The lowest BCUT2D eigenvalue weighted by Gasteiger charge is -2.31. The number of benzene rings is 7. The van der Waals surface area contributed by atoms with Gasteiger partial charge in [-0.3, -0.25) is 9.97 Å². The maximum absolute atomic E-state index is 4.76. The molecule has 3 aliphatic carbocycles. The molecule has 2 atom stereocenters. The fourth-order valence-corrected chi connectivity index (χ4v) is 10.5. The Morgan fingerprint density at radius 1 is 0.586 bits per heavy atom. The third-order valence-corrected chi connectivity index (χ3v) is 13.5. The van der Waals surface area contributed by atoms with Gasteiger partial charge in [-0.25, -0.2) is 0 Å². The second-order valence-corrected chi connectivity index (χ2v) is 16.9. The van der Waals surface area contributed by atoms with E-state index in [0.29, 0.717) is 11.8 Å². The standard InChI is InChI=1S/C55H41N3/c1-55(2)49-32-38(34-18-23-40(24-19-34)58-51-16-7-5-13-44(51)45-14-6-8-17-52(45)58)20-25-42(49)43-26-21-39(33-50(43)55)36-11-9-10-35(30-36)37-22-27-47-48(31-37)41-12-3-4-15-46(41)53-54(47)57-29-28-56-53/h3-7,9-16,18-33,42,49H,8,17H2,1-2H3. The summed E-state index contributed by atoms with van der Waals surface area (Å²) in [5.74, 6) is 0.747. The Bertz CT molecular complexity index is 3230. The normalized spacial score (nSPS) is 17.8. The van der Waals surface area contributed by atoms with E-state index in [1.807, 2.05) is 0 Å². The molecule has 3 heteroatoms. The van der Waals surface area contributed by atoms with Crippen LogP contribution in [0.3, 0.4) is 0 Å². The third kappa shape index (κ3) is 4.92. The first kappa shape index (κ1) is 33.3. The van der Waals surface area contributed by atoms with E-state index >= 15 is 0 Å². The summed E-state index contributed by atoms with van der Waals surface area (Å²) < 4.78 is 2.48. The van der Waals surface area contributed by atoms with Crippen LogP contribution in [0.25, 0.3) is 83.1 Å². The molecule has 9 aromatic rings. The van der Waals surface area contributed by atoms with E-state index < -0.39 is 0 Å². The summed E-state index contributed by atoms with van der Waals surface area (Å²) in [7, 11) is 0. The molecule has 2 aromatic heterocycles. The number of hydrogen-bond donors (Lipinski definition) is 0. The third-order valence-electron chi connectivity index (χ3n) is 13.5. The maximum atomic E-state index is 4.76. The fourth-order valence-electron chi connectivity index (χ4n) is 10.5. The van der Waals surface area contributed by atoms with E-state index in [0.717, 1.165) is 34.6 Å². The van der Waals surface area contributed by atoms with Gasteiger partial charge in [0.2, 0.25) is 0 Å². The zero-order valence-electron chi connectivity index (χ0n) is 32.7. The molecule has 276 valence electrons. The fraction of sp³-hybridized carbons (Fsp3) is 0.127. The van der Waals surface area contributed by atoms with Crippen molar-refractivity contribution in [2.45, 2.75) is 38.0 Å². The second kappa shape index (κ2) is 12.6. The van der Waals surface area contributed by atoms with Gasteiger partial charge in [0.25, 0.3) is 0 Å². The summed E-state index contributed by atoms with van der Waals surface area (Å²) in [6.45, 7) is 4.88. The van der Waals surface area contributed by atoms with E-state index in [4.69, 9.17) is 9.97 Å². The molecule has 0 fully saturated rings. The lowest BCUT2D eigenvalue weighted by Crippen LogP contribution is -2.25. The van der Waals surface area contributed by atoms with Gasteiger partial charge < -0.3 is 4.57 Å². The summed E-state index contributed by atoms with van der Waals surface area (Å²) in [4.78, 5) is 9.48. The zero-order valence-corrected chi connectivity index (χ0v) is 32.7. The van der Waals surface area contributed by atoms with Crippen LogP contribution in [0.1, 0.15) is 54.1 Å². The SMILES string of the molecule is CC1(C)c2cc(-c3cccc(-c4ccc5c(c4)c4ccccc4c4nccnc54)c3)ccc2C2C=CC(c3ccc(-n4c5c(c6ccccc64)C=CCC5)cc3)=CC21. The first-order chi connectivity index (χ1) is 28.5. The van der Waals surface area contributed by atoms with Crippen LogP contribution in [0.4, 0.5) is 0 Å². The van der Waals surface area contributed by atoms with Crippen molar-refractivity contribution in [2.75, 3.05) is 0 Å². The molecular weight excluding hydrogens is 703 g/mol. The van der Waals surface area contributed by atoms with Gasteiger partial charge in [0.05, 0.1) is 16.6 Å². The van der Waals surface area contributed by atoms with Crippen molar-refractivity contribution in [1.29, 1.82) is 0 Å². The van der Waals surface area contributed by atoms with Gasteiger partial charge in [-0.15, -0.1) is 0 Å². The van der Waals surface area contributed by atoms with Gasteiger partial charge in [-0.1, -0.05) is 147 Å². The number of hydrogen-bond acceptors (Lipinski definition) is 2. The summed E-state index contributed by atoms with van der Waals surface area (Å²) in [6.07, 6.45) is 17.7. The van der Waals surface area contributed by atoms with E-state index in [1.54, 1.807) is 12.4 Å². The van der Waals surface area contributed by atoms with Crippen LogP contribution < -0.4 is 0 Å². The average molecular weight is 744 g/mol. The van der Waals surface area contributed by atoms with Crippen LogP contribution in [0, 0.1) is 5.92 Å². The van der Waals surface area contributed by atoms with Crippen LogP contribution in [0.2, 0.25) is 0 Å². The van der Waals surface area contributed by atoms with Gasteiger partial charge in [-0.05, 0) is 110 Å². The Morgan fingerprint density at radius 2 is 1.26 bits per heavy atom. The maximum Gasteiger partial charge on any atom is 0.0971 e. The molecule has 0 saturated carbocycles. The summed E-state index contributed by atoms with van der Waals surface area (Å²) in [5.41, 5.74) is 17.6. The lowest BCUT2D eigenvalue weighted by atomic mass is 9.72. The predicted molar refractivity (Wildman–Crippen MR) is 242 cm³/mol. The van der Waals surface area contributed by atoms with Crippen molar-refractivity contribution < 1.29 is 0 Å². The van der Waals surface area contributed by atoms with E-state index in [9.17, 15) is 0 Å². The molecule has 0 spiro atoms. The first-order valence-corrected chi connectivity index (χ1v) is 20.6. The highest BCUT2D eigenvalue weighted by Gasteiger charge is 2.45. The van der Waals surface area contributed by atoms with Gasteiger partial charge in [0, 0.05) is 51.4 Å². The highest BCUT2D eigenvalue weighted by atomic mass is 15.0. The zero-order chi connectivity index (χ0) is 38.5. The Balaban J connectivity index is 0.863. The molecule has 0 bridgehead atoms. The Kier molecular flexibility index (Phi) is 7.23. The van der Waals surface area contributed by atoms with Crippen molar-refractivity contribution >= 4 is 55.1 Å². The first-order valence-electron chi connectivity index (χ1n) is 20.6. The van der Waals surface area contributed by atoms with Crippen molar-refractivity contribution in [2.24, 2.45) is 5.92 Å². The summed E-state index contributed by atoms with van der Waals surface area (Å²) >= 11 is 0. The number of fused-ring (bicyclic) bond motifs is 12. The van der Waals surface area contributed by atoms with Crippen LogP contribution >= 0.6 is 0 Å². The molecule has 0 radical (unpaired) electrons. The molecule has 0 amide bonds. The topological polar surface area (TPSA) is 30.7 Å². The van der Waals surface area contributed by atoms with Gasteiger partial charge >= 0.3 is 0 Å². The number of nitrogens with zero attached hydrogens (tertiary/aromatic N) is 3. The lowest BCUT2D eigenvalue weighted by molar-refractivity contribution is 0.395. The Hall–Kier alpha value is -6.84. The highest BCUT2D eigenvalue weighted by Crippen LogP contribution is 2.55. The Labute approximate surface area is 338 Å². The molecule has 0 saturated heterocycles. The molecule has 58 heavy (non-hydrogen) atoms. The number of allylic oxidation sites excluding steroid dienone is 5. The summed E-state index contributed by atoms with van der Waals surface area (Å²) in [6, 6.07) is 49.7. The van der Waals surface area contributed by atoms with E-state index in [-0.39, 0.29) is 5.41 Å². The molecular formula is C55H41N3. The molecule has 0 aliphatic heterocycles. The quantitative estimate of drug-likeness (QED) is 0.168. The van der Waals surface area contributed by atoms with Crippen LogP contribution in [0.5, 0.6) is 0 Å². The Morgan fingerprint density at radius 3 is 2.07 bits per heavy atom. The highest BCUT2D eigenvalue weighted by molar-refractivity contribution is 6.23. The number of para-hydroxylation sites is 1. The minimum Gasteiger partial charge on any atom is -0.313 e.